The number of rotatable bonds is 6. The van der Waals surface area contributed by atoms with Crippen LogP contribution in [0.2, 0.25) is 0 Å². The molecule has 1 amide bonds. The number of nitrogens with one attached hydrogen (secondary N) is 1. The molecular formula is C16H20N2O2S. The van der Waals surface area contributed by atoms with Gasteiger partial charge in [0.05, 0.1) is 24.4 Å². The zero-order valence-corrected chi connectivity index (χ0v) is 13.1. The van der Waals surface area contributed by atoms with Gasteiger partial charge < -0.3 is 15.8 Å². The summed E-state index contributed by atoms with van der Waals surface area (Å²) in [4.78, 5) is 13.6. The van der Waals surface area contributed by atoms with E-state index in [0.717, 1.165) is 17.7 Å². The highest BCUT2D eigenvalue weighted by Crippen LogP contribution is 2.27. The Labute approximate surface area is 128 Å². The molecule has 0 bridgehead atoms. The first kappa shape index (κ1) is 15.4. The van der Waals surface area contributed by atoms with Crippen molar-refractivity contribution in [2.45, 2.75) is 25.8 Å². The summed E-state index contributed by atoms with van der Waals surface area (Å²) in [5.41, 5.74) is 6.80. The van der Waals surface area contributed by atoms with Gasteiger partial charge >= 0.3 is 0 Å². The fourth-order valence-corrected chi connectivity index (χ4v) is 3.03. The van der Waals surface area contributed by atoms with Crippen LogP contribution in [0.4, 0.5) is 5.69 Å². The number of nitrogen functional groups attached to an aromatic ring is 1. The number of hydrogen-bond acceptors (Lipinski definition) is 4. The lowest BCUT2D eigenvalue weighted by molar-refractivity contribution is 0.0936. The van der Waals surface area contributed by atoms with Crippen molar-refractivity contribution >= 4 is 22.9 Å². The molecule has 4 nitrogen and oxygen atoms in total. The molecule has 1 atom stereocenters. The number of carbonyl (C=O) groups is 1. The van der Waals surface area contributed by atoms with E-state index in [4.69, 9.17) is 10.5 Å². The van der Waals surface area contributed by atoms with Crippen molar-refractivity contribution in [2.24, 2.45) is 0 Å². The van der Waals surface area contributed by atoms with E-state index in [1.807, 2.05) is 17.5 Å². The maximum atomic E-state index is 12.5. The highest BCUT2D eigenvalue weighted by Gasteiger charge is 2.18. The van der Waals surface area contributed by atoms with E-state index in [1.54, 1.807) is 36.6 Å². The molecular weight excluding hydrogens is 284 g/mol. The first-order valence-corrected chi connectivity index (χ1v) is 7.82. The van der Waals surface area contributed by atoms with Gasteiger partial charge in [-0.3, -0.25) is 4.79 Å². The number of nitrogens with two attached hydrogens (primary N) is 1. The minimum Gasteiger partial charge on any atom is -0.495 e. The summed E-state index contributed by atoms with van der Waals surface area (Å²) >= 11 is 1.65. The van der Waals surface area contributed by atoms with Gasteiger partial charge in [-0.1, -0.05) is 25.5 Å². The van der Waals surface area contributed by atoms with Crippen LogP contribution < -0.4 is 15.8 Å². The average molecular weight is 304 g/mol. The molecule has 0 aliphatic rings. The molecule has 5 heteroatoms. The van der Waals surface area contributed by atoms with E-state index in [-0.39, 0.29) is 11.9 Å². The molecule has 2 aromatic rings. The Bertz CT molecular complexity index is 596. The molecule has 0 fully saturated rings. The lowest BCUT2D eigenvalue weighted by Gasteiger charge is -2.18. The van der Waals surface area contributed by atoms with Crippen molar-refractivity contribution < 1.29 is 9.53 Å². The highest BCUT2D eigenvalue weighted by molar-refractivity contribution is 7.10. The SMILES string of the molecule is CCCC(NC(=O)c1cccc(OC)c1N)c1cccs1. The molecule has 0 aliphatic heterocycles. The second-order valence-corrected chi connectivity index (χ2v) is 5.73. The summed E-state index contributed by atoms with van der Waals surface area (Å²) in [6, 6.07) is 9.28. The van der Waals surface area contributed by atoms with Gasteiger partial charge in [0.25, 0.3) is 5.91 Å². The predicted molar refractivity (Wildman–Crippen MR) is 86.8 cm³/mol. The van der Waals surface area contributed by atoms with Crippen molar-refractivity contribution in [1.82, 2.24) is 5.32 Å². The Morgan fingerprint density at radius 2 is 2.19 bits per heavy atom. The van der Waals surface area contributed by atoms with Gasteiger partial charge in [0.1, 0.15) is 5.75 Å². The van der Waals surface area contributed by atoms with E-state index in [1.165, 1.54) is 0 Å². The Kier molecular flexibility index (Phi) is 5.22. The molecule has 1 aromatic heterocycles. The number of methoxy groups -OCH3 is 1. The fourth-order valence-electron chi connectivity index (χ4n) is 2.22. The summed E-state index contributed by atoms with van der Waals surface area (Å²) in [5.74, 6) is 0.351. The lowest BCUT2D eigenvalue weighted by atomic mass is 10.1. The lowest BCUT2D eigenvalue weighted by Crippen LogP contribution is -2.28. The maximum absolute atomic E-state index is 12.5. The minimum absolute atomic E-state index is 0.0214. The molecule has 3 N–H and O–H groups in total. The van der Waals surface area contributed by atoms with Crippen LogP contribution in [-0.2, 0) is 0 Å². The van der Waals surface area contributed by atoms with Crippen LogP contribution in [0.5, 0.6) is 5.75 Å². The smallest absolute Gasteiger partial charge is 0.254 e. The molecule has 0 saturated carbocycles. The van der Waals surface area contributed by atoms with Gasteiger partial charge in [-0.05, 0) is 30.0 Å². The second kappa shape index (κ2) is 7.13. The molecule has 1 heterocycles. The van der Waals surface area contributed by atoms with Crippen molar-refractivity contribution in [2.75, 3.05) is 12.8 Å². The van der Waals surface area contributed by atoms with Crippen LogP contribution in [0.15, 0.2) is 35.7 Å². The van der Waals surface area contributed by atoms with Gasteiger partial charge in [0, 0.05) is 4.88 Å². The molecule has 0 saturated heterocycles. The zero-order valence-electron chi connectivity index (χ0n) is 12.3. The summed E-state index contributed by atoms with van der Waals surface area (Å²) in [5, 5.41) is 5.08. The number of ether oxygens (including phenoxy) is 1. The Morgan fingerprint density at radius 3 is 2.81 bits per heavy atom. The normalized spacial score (nSPS) is 11.9. The van der Waals surface area contributed by atoms with Crippen molar-refractivity contribution in [1.29, 1.82) is 0 Å². The number of hydrogen-bond donors (Lipinski definition) is 2. The van der Waals surface area contributed by atoms with E-state index < -0.39 is 0 Å². The molecule has 0 radical (unpaired) electrons. The molecule has 2 rings (SSSR count). The Balaban J connectivity index is 2.20. The number of para-hydroxylation sites is 1. The Morgan fingerprint density at radius 1 is 1.38 bits per heavy atom. The number of benzene rings is 1. The van der Waals surface area contributed by atoms with Crippen LogP contribution in [0, 0.1) is 0 Å². The number of anilines is 1. The quantitative estimate of drug-likeness (QED) is 0.801. The molecule has 0 spiro atoms. The number of amides is 1. The maximum Gasteiger partial charge on any atom is 0.254 e. The van der Waals surface area contributed by atoms with Gasteiger partial charge in [0.2, 0.25) is 0 Å². The van der Waals surface area contributed by atoms with Crippen molar-refractivity contribution in [3.05, 3.63) is 46.2 Å². The van der Waals surface area contributed by atoms with Crippen LogP contribution >= 0.6 is 11.3 Å². The first-order valence-electron chi connectivity index (χ1n) is 6.94. The van der Waals surface area contributed by atoms with Gasteiger partial charge in [-0.25, -0.2) is 0 Å². The number of carbonyl (C=O) groups excluding carboxylic acids is 1. The van der Waals surface area contributed by atoms with Crippen molar-refractivity contribution in [3.63, 3.8) is 0 Å². The second-order valence-electron chi connectivity index (χ2n) is 4.75. The van der Waals surface area contributed by atoms with Crippen LogP contribution in [0.1, 0.15) is 41.0 Å². The molecule has 112 valence electrons. The first-order chi connectivity index (χ1) is 10.2. The molecule has 0 aliphatic carbocycles. The summed E-state index contributed by atoms with van der Waals surface area (Å²) in [6.45, 7) is 2.10. The largest absolute Gasteiger partial charge is 0.495 e. The zero-order chi connectivity index (χ0) is 15.2. The third-order valence-corrected chi connectivity index (χ3v) is 4.29. The third-order valence-electron chi connectivity index (χ3n) is 3.30. The van der Waals surface area contributed by atoms with Gasteiger partial charge in [-0.2, -0.15) is 0 Å². The fraction of sp³-hybridized carbons (Fsp3) is 0.312. The van der Waals surface area contributed by atoms with E-state index in [0.29, 0.717) is 17.0 Å². The van der Waals surface area contributed by atoms with Crippen LogP contribution in [-0.4, -0.2) is 13.0 Å². The van der Waals surface area contributed by atoms with E-state index in [2.05, 4.69) is 12.2 Å². The van der Waals surface area contributed by atoms with E-state index in [9.17, 15) is 4.79 Å². The topological polar surface area (TPSA) is 64.3 Å². The third kappa shape index (κ3) is 3.55. The summed E-state index contributed by atoms with van der Waals surface area (Å²) in [7, 11) is 1.54. The van der Waals surface area contributed by atoms with E-state index >= 15 is 0 Å². The number of thiophene rings is 1. The summed E-state index contributed by atoms with van der Waals surface area (Å²) in [6.07, 6.45) is 1.90. The molecule has 1 unspecified atom stereocenters. The van der Waals surface area contributed by atoms with Gasteiger partial charge in [-0.15, -0.1) is 11.3 Å². The predicted octanol–water partition coefficient (Wildman–Crippen LogP) is 3.61. The summed E-state index contributed by atoms with van der Waals surface area (Å²) < 4.78 is 5.16. The minimum atomic E-state index is -0.168. The average Bonchev–Trinajstić information content (AvgIpc) is 3.01. The highest BCUT2D eigenvalue weighted by atomic mass is 32.1. The Hall–Kier alpha value is -2.01. The standard InChI is InChI=1S/C16H20N2O2S/c1-3-6-12(14-9-5-10-21-14)18-16(19)11-7-4-8-13(20-2)15(11)17/h4-5,7-10,12H,3,6,17H2,1-2H3,(H,18,19). The molecule has 21 heavy (non-hydrogen) atoms. The van der Waals surface area contributed by atoms with Crippen molar-refractivity contribution in [3.8, 4) is 5.75 Å². The van der Waals surface area contributed by atoms with Gasteiger partial charge in [0.15, 0.2) is 0 Å². The van der Waals surface area contributed by atoms with Crippen LogP contribution in [0.3, 0.4) is 0 Å². The molecule has 1 aromatic carbocycles. The monoisotopic (exact) mass is 304 g/mol. The van der Waals surface area contributed by atoms with Crippen LogP contribution in [0.25, 0.3) is 0 Å².